The predicted octanol–water partition coefficient (Wildman–Crippen LogP) is 4.70. The molecular weight excluding hydrogens is 501 g/mol. The Kier molecular flexibility index (Phi) is 7.69. The fourth-order valence-electron chi connectivity index (χ4n) is 4.77. The predicted molar refractivity (Wildman–Crippen MR) is 142 cm³/mol. The second-order valence-electron chi connectivity index (χ2n) is 10.6. The largest absolute Gasteiger partial charge is 0.448 e. The Morgan fingerprint density at radius 1 is 1.00 bits per heavy atom. The summed E-state index contributed by atoms with van der Waals surface area (Å²) in [6.45, 7) is 0.955. The Bertz CT molecular complexity index is 1400. The molecule has 5 rings (SSSR count). The summed E-state index contributed by atoms with van der Waals surface area (Å²) in [7, 11) is 0. The molecule has 0 radical (unpaired) electrons. The highest BCUT2D eigenvalue weighted by Gasteiger charge is 2.44. The van der Waals surface area contributed by atoms with Gasteiger partial charge in [0.05, 0.1) is 24.7 Å². The van der Waals surface area contributed by atoms with Gasteiger partial charge >= 0.3 is 0 Å². The van der Waals surface area contributed by atoms with Gasteiger partial charge in [-0.3, -0.25) is 9.59 Å². The van der Waals surface area contributed by atoms with Crippen LogP contribution in [-0.4, -0.2) is 42.2 Å². The van der Waals surface area contributed by atoms with Crippen molar-refractivity contribution in [2.75, 3.05) is 19.8 Å². The zero-order valence-electron chi connectivity index (χ0n) is 21.7. The third-order valence-electron chi connectivity index (χ3n) is 7.48. The van der Waals surface area contributed by atoms with Gasteiger partial charge in [0, 0.05) is 13.0 Å². The van der Waals surface area contributed by atoms with E-state index in [1.165, 1.54) is 0 Å². The molecule has 3 N–H and O–H groups in total. The summed E-state index contributed by atoms with van der Waals surface area (Å²) >= 11 is 0. The lowest BCUT2D eigenvalue weighted by atomic mass is 9.90. The van der Waals surface area contributed by atoms with Crippen LogP contribution in [0.2, 0.25) is 0 Å². The lowest BCUT2D eigenvalue weighted by Gasteiger charge is -2.36. The maximum atomic E-state index is 14.9. The molecule has 204 valence electrons. The molecule has 0 unspecified atom stereocenters. The number of benzene rings is 2. The van der Waals surface area contributed by atoms with E-state index in [1.54, 1.807) is 18.2 Å². The van der Waals surface area contributed by atoms with Crippen molar-refractivity contribution >= 4 is 22.8 Å². The summed E-state index contributed by atoms with van der Waals surface area (Å²) in [5.74, 6) is -1.67. The maximum absolute atomic E-state index is 14.9. The Labute approximate surface area is 226 Å². The standard InChI is InChI=1S/C30H32FN3O5/c31-26-23-12-9-21(20-7-10-22(11-8-20)30(37)18-38-19-30)16-24(23)39-27(26)28(36)33-15-5-3-1-2-4-6-25(35)34-29(17-32)13-14-29/h7-12,16,37H,1-6,13-15,18-19H2,(H,33,36)(H,34,35). The maximum Gasteiger partial charge on any atom is 0.290 e. The summed E-state index contributed by atoms with van der Waals surface area (Å²) in [5, 5.41) is 25.2. The smallest absolute Gasteiger partial charge is 0.290 e. The summed E-state index contributed by atoms with van der Waals surface area (Å²) in [5.41, 5.74) is 1.21. The van der Waals surface area contributed by atoms with Gasteiger partial charge in [-0.15, -0.1) is 0 Å². The number of amides is 2. The minimum absolute atomic E-state index is 0.0710. The molecule has 2 fully saturated rings. The van der Waals surface area contributed by atoms with Gasteiger partial charge in [-0.2, -0.15) is 5.26 Å². The van der Waals surface area contributed by atoms with Crippen LogP contribution in [0.3, 0.4) is 0 Å². The molecule has 2 amide bonds. The fraction of sp³-hybridized carbons (Fsp3) is 0.433. The number of carbonyl (C=O) groups excluding carboxylic acids is 2. The third kappa shape index (κ3) is 5.97. The molecular formula is C30H32FN3O5. The number of unbranched alkanes of at least 4 members (excludes halogenated alkanes) is 4. The van der Waals surface area contributed by atoms with Crippen LogP contribution in [-0.2, 0) is 15.1 Å². The normalized spacial score (nSPS) is 16.7. The molecule has 2 heterocycles. The SMILES string of the molecule is N#CC1(NC(=O)CCCCCCCNC(=O)c2oc3cc(-c4ccc(C5(O)COC5)cc4)ccc3c2F)CC1. The highest BCUT2D eigenvalue weighted by Crippen LogP contribution is 2.35. The first-order valence-electron chi connectivity index (χ1n) is 13.5. The van der Waals surface area contributed by atoms with Gasteiger partial charge in [0.1, 0.15) is 16.7 Å². The van der Waals surface area contributed by atoms with E-state index in [2.05, 4.69) is 16.7 Å². The van der Waals surface area contributed by atoms with Gasteiger partial charge in [-0.1, -0.05) is 49.6 Å². The second kappa shape index (κ2) is 11.2. The number of rotatable bonds is 12. The lowest BCUT2D eigenvalue weighted by molar-refractivity contribution is -0.184. The van der Waals surface area contributed by atoms with Gasteiger partial charge in [-0.05, 0) is 54.5 Å². The van der Waals surface area contributed by atoms with Crippen molar-refractivity contribution in [2.45, 2.75) is 62.5 Å². The van der Waals surface area contributed by atoms with E-state index < -0.39 is 22.9 Å². The molecule has 0 atom stereocenters. The van der Waals surface area contributed by atoms with E-state index in [9.17, 15) is 19.1 Å². The molecule has 3 aromatic rings. The van der Waals surface area contributed by atoms with Crippen LogP contribution in [0.1, 0.15) is 67.5 Å². The zero-order valence-corrected chi connectivity index (χ0v) is 21.7. The van der Waals surface area contributed by atoms with E-state index in [-0.39, 0.29) is 35.9 Å². The number of nitrogens with one attached hydrogen (secondary N) is 2. The quantitative estimate of drug-likeness (QED) is 0.290. The van der Waals surface area contributed by atoms with Crippen molar-refractivity contribution in [2.24, 2.45) is 0 Å². The van der Waals surface area contributed by atoms with Crippen LogP contribution in [0.15, 0.2) is 46.9 Å². The van der Waals surface area contributed by atoms with Gasteiger partial charge in [0.25, 0.3) is 5.91 Å². The van der Waals surface area contributed by atoms with Crippen LogP contribution in [0, 0.1) is 17.1 Å². The molecule has 8 nitrogen and oxygen atoms in total. The fourth-order valence-corrected chi connectivity index (χ4v) is 4.77. The van der Waals surface area contributed by atoms with E-state index in [0.717, 1.165) is 61.6 Å². The van der Waals surface area contributed by atoms with E-state index >= 15 is 0 Å². The summed E-state index contributed by atoms with van der Waals surface area (Å²) in [4.78, 5) is 24.4. The van der Waals surface area contributed by atoms with Crippen LogP contribution >= 0.6 is 0 Å². The van der Waals surface area contributed by atoms with E-state index in [4.69, 9.17) is 14.4 Å². The number of furan rings is 1. The van der Waals surface area contributed by atoms with Crippen molar-refractivity contribution in [3.8, 4) is 17.2 Å². The molecule has 2 aromatic carbocycles. The highest BCUT2D eigenvalue weighted by molar-refractivity contribution is 5.97. The number of aliphatic hydroxyl groups is 1. The molecule has 1 aliphatic carbocycles. The van der Waals surface area contributed by atoms with Crippen LogP contribution in [0.5, 0.6) is 0 Å². The minimum Gasteiger partial charge on any atom is -0.448 e. The zero-order chi connectivity index (χ0) is 27.5. The second-order valence-corrected chi connectivity index (χ2v) is 10.6. The number of fused-ring (bicyclic) bond motifs is 1. The third-order valence-corrected chi connectivity index (χ3v) is 7.48. The van der Waals surface area contributed by atoms with Crippen molar-refractivity contribution in [1.82, 2.24) is 10.6 Å². The topological polar surface area (TPSA) is 125 Å². The molecule has 39 heavy (non-hydrogen) atoms. The average Bonchev–Trinajstić information content (AvgIpc) is 3.62. The number of hydrogen-bond donors (Lipinski definition) is 3. The molecule has 0 spiro atoms. The van der Waals surface area contributed by atoms with Crippen molar-refractivity contribution < 1.29 is 28.2 Å². The Balaban J connectivity index is 1.07. The number of nitriles is 1. The van der Waals surface area contributed by atoms with Gasteiger partial charge in [0.15, 0.2) is 5.82 Å². The number of nitrogens with zero attached hydrogens (tertiary/aromatic N) is 1. The minimum atomic E-state index is -0.939. The molecule has 9 heteroatoms. The molecule has 1 aliphatic heterocycles. The monoisotopic (exact) mass is 533 g/mol. The van der Waals surface area contributed by atoms with Crippen LogP contribution < -0.4 is 10.6 Å². The Morgan fingerprint density at radius 3 is 2.36 bits per heavy atom. The van der Waals surface area contributed by atoms with E-state index in [1.807, 2.05) is 24.3 Å². The molecule has 2 aliphatic rings. The Hall–Kier alpha value is -3.74. The number of halogens is 1. The molecule has 0 bridgehead atoms. The first-order chi connectivity index (χ1) is 18.8. The number of ether oxygens (including phenoxy) is 1. The van der Waals surface area contributed by atoms with Crippen molar-refractivity contribution in [3.63, 3.8) is 0 Å². The molecule has 1 aromatic heterocycles. The average molecular weight is 534 g/mol. The van der Waals surface area contributed by atoms with Crippen LogP contribution in [0.4, 0.5) is 4.39 Å². The van der Waals surface area contributed by atoms with Crippen molar-refractivity contribution in [3.05, 3.63) is 59.6 Å². The van der Waals surface area contributed by atoms with Crippen molar-refractivity contribution in [1.29, 1.82) is 5.26 Å². The van der Waals surface area contributed by atoms with Gasteiger partial charge in [-0.25, -0.2) is 4.39 Å². The number of hydrogen-bond acceptors (Lipinski definition) is 6. The first kappa shape index (κ1) is 26.9. The lowest BCUT2D eigenvalue weighted by Crippen LogP contribution is -2.46. The molecule has 1 saturated carbocycles. The molecule has 1 saturated heterocycles. The van der Waals surface area contributed by atoms with Crippen LogP contribution in [0.25, 0.3) is 22.1 Å². The Morgan fingerprint density at radius 2 is 1.69 bits per heavy atom. The highest BCUT2D eigenvalue weighted by atomic mass is 19.1. The van der Waals surface area contributed by atoms with Gasteiger partial charge in [0.2, 0.25) is 11.7 Å². The summed E-state index contributed by atoms with van der Waals surface area (Å²) in [6.07, 6.45) is 6.06. The summed E-state index contributed by atoms with van der Waals surface area (Å²) < 4.78 is 25.6. The number of carbonyl (C=O) groups is 2. The summed E-state index contributed by atoms with van der Waals surface area (Å²) in [6, 6.07) is 14.7. The van der Waals surface area contributed by atoms with Gasteiger partial charge < -0.3 is 24.9 Å². The first-order valence-corrected chi connectivity index (χ1v) is 13.5. The van der Waals surface area contributed by atoms with E-state index in [0.29, 0.717) is 13.0 Å².